The van der Waals surface area contributed by atoms with Gasteiger partial charge in [0.15, 0.2) is 0 Å². The number of benzene rings is 1. The van der Waals surface area contributed by atoms with Gasteiger partial charge in [0.2, 0.25) is 0 Å². The first kappa shape index (κ1) is 13.1. The maximum atomic E-state index is 13.9. The van der Waals surface area contributed by atoms with Crippen LogP contribution in [0.3, 0.4) is 0 Å². The van der Waals surface area contributed by atoms with Crippen molar-refractivity contribution in [1.29, 1.82) is 0 Å². The topological polar surface area (TPSA) is 15.3 Å². The van der Waals surface area contributed by atoms with Crippen LogP contribution >= 0.6 is 0 Å². The number of likely N-dealkylation sites (tertiary alicyclic amines) is 1. The van der Waals surface area contributed by atoms with E-state index in [1.165, 1.54) is 31.2 Å². The maximum absolute atomic E-state index is 13.9. The number of rotatable bonds is 5. The van der Waals surface area contributed by atoms with E-state index < -0.39 is 0 Å². The highest BCUT2D eigenvalue weighted by atomic mass is 19.1. The predicted octanol–water partition coefficient (Wildman–Crippen LogP) is 3.06. The summed E-state index contributed by atoms with van der Waals surface area (Å²) in [5.74, 6) is -0.0609. The van der Waals surface area contributed by atoms with E-state index in [1.54, 1.807) is 6.07 Å². The summed E-state index contributed by atoms with van der Waals surface area (Å²) in [5.41, 5.74) is 2.05. The molecule has 1 N–H and O–H groups in total. The highest BCUT2D eigenvalue weighted by Gasteiger charge is 2.22. The average Bonchev–Trinajstić information content (AvgIpc) is 3.15. The second kappa shape index (κ2) is 5.59. The van der Waals surface area contributed by atoms with Crippen molar-refractivity contribution in [2.75, 3.05) is 6.54 Å². The van der Waals surface area contributed by atoms with E-state index >= 15 is 0 Å². The minimum atomic E-state index is -0.0609. The van der Waals surface area contributed by atoms with Gasteiger partial charge in [-0.3, -0.25) is 4.90 Å². The van der Waals surface area contributed by atoms with Crippen molar-refractivity contribution in [3.63, 3.8) is 0 Å². The Morgan fingerprint density at radius 1 is 1.32 bits per heavy atom. The van der Waals surface area contributed by atoms with Crippen LogP contribution in [0.5, 0.6) is 0 Å². The average molecular weight is 262 g/mol. The molecule has 2 nitrogen and oxygen atoms in total. The van der Waals surface area contributed by atoms with Crippen molar-refractivity contribution in [2.45, 2.75) is 57.8 Å². The molecule has 0 radical (unpaired) electrons. The van der Waals surface area contributed by atoms with Gasteiger partial charge < -0.3 is 5.32 Å². The molecule has 1 saturated heterocycles. The Hall–Kier alpha value is -0.930. The predicted molar refractivity (Wildman–Crippen MR) is 75.4 cm³/mol. The van der Waals surface area contributed by atoms with Crippen LogP contribution in [0.15, 0.2) is 18.2 Å². The Kier molecular flexibility index (Phi) is 3.85. The van der Waals surface area contributed by atoms with E-state index in [9.17, 15) is 4.39 Å². The standard InChI is InChI=1S/C16H23FN2/c1-12-3-2-8-19(12)11-14-9-13(4-7-16(14)17)10-18-15-5-6-15/h4,7,9,12,15,18H,2-3,5-6,8,10-11H2,1H3. The Balaban J connectivity index is 1.66. The molecule has 19 heavy (non-hydrogen) atoms. The molecule has 1 heterocycles. The first-order valence-corrected chi connectivity index (χ1v) is 7.47. The lowest BCUT2D eigenvalue weighted by Crippen LogP contribution is -2.26. The summed E-state index contributed by atoms with van der Waals surface area (Å²) in [6, 6.07) is 6.86. The zero-order valence-corrected chi connectivity index (χ0v) is 11.7. The largest absolute Gasteiger partial charge is 0.310 e. The van der Waals surface area contributed by atoms with E-state index in [2.05, 4.69) is 17.1 Å². The summed E-state index contributed by atoms with van der Waals surface area (Å²) in [5, 5.41) is 3.49. The Bertz CT molecular complexity index is 442. The molecule has 1 aliphatic heterocycles. The summed E-state index contributed by atoms with van der Waals surface area (Å²) < 4.78 is 13.9. The molecule has 1 unspecified atom stereocenters. The fraction of sp³-hybridized carbons (Fsp3) is 0.625. The number of nitrogens with zero attached hydrogens (tertiary/aromatic N) is 1. The number of halogens is 1. The fourth-order valence-corrected chi connectivity index (χ4v) is 2.86. The van der Waals surface area contributed by atoms with Crippen LogP contribution in [0, 0.1) is 5.82 Å². The number of nitrogens with one attached hydrogen (secondary N) is 1. The minimum absolute atomic E-state index is 0.0609. The van der Waals surface area contributed by atoms with Gasteiger partial charge in [-0.15, -0.1) is 0 Å². The maximum Gasteiger partial charge on any atom is 0.127 e. The first-order chi connectivity index (χ1) is 9.22. The van der Waals surface area contributed by atoms with Gasteiger partial charge in [0.1, 0.15) is 5.82 Å². The van der Waals surface area contributed by atoms with Gasteiger partial charge >= 0.3 is 0 Å². The molecule has 1 aromatic rings. The molecular formula is C16H23FN2. The van der Waals surface area contributed by atoms with Crippen LogP contribution < -0.4 is 5.32 Å². The molecule has 0 aromatic heterocycles. The number of hydrogen-bond acceptors (Lipinski definition) is 2. The summed E-state index contributed by atoms with van der Waals surface area (Å²) in [6.07, 6.45) is 5.06. The van der Waals surface area contributed by atoms with Gasteiger partial charge in [-0.05, 0) is 50.8 Å². The molecule has 2 fully saturated rings. The van der Waals surface area contributed by atoms with Crippen molar-refractivity contribution in [1.82, 2.24) is 10.2 Å². The second-order valence-corrected chi connectivity index (χ2v) is 6.04. The van der Waals surface area contributed by atoms with Crippen molar-refractivity contribution in [2.24, 2.45) is 0 Å². The molecule has 3 heteroatoms. The van der Waals surface area contributed by atoms with Crippen LogP contribution in [-0.4, -0.2) is 23.5 Å². The van der Waals surface area contributed by atoms with Crippen LogP contribution in [0.2, 0.25) is 0 Å². The normalized spacial score (nSPS) is 24.0. The third-order valence-electron chi connectivity index (χ3n) is 4.35. The van der Waals surface area contributed by atoms with E-state index in [0.29, 0.717) is 12.1 Å². The van der Waals surface area contributed by atoms with Crippen LogP contribution in [-0.2, 0) is 13.1 Å². The van der Waals surface area contributed by atoms with Crippen molar-refractivity contribution in [3.05, 3.63) is 35.1 Å². The molecule has 1 aliphatic carbocycles. The molecule has 0 bridgehead atoms. The van der Waals surface area contributed by atoms with Crippen molar-refractivity contribution >= 4 is 0 Å². The molecule has 104 valence electrons. The Morgan fingerprint density at radius 2 is 2.16 bits per heavy atom. The zero-order valence-electron chi connectivity index (χ0n) is 11.7. The smallest absolute Gasteiger partial charge is 0.127 e. The second-order valence-electron chi connectivity index (χ2n) is 6.04. The van der Waals surface area contributed by atoms with Crippen molar-refractivity contribution < 1.29 is 4.39 Å². The van der Waals surface area contributed by atoms with E-state index in [-0.39, 0.29) is 5.82 Å². The quantitative estimate of drug-likeness (QED) is 0.877. The summed E-state index contributed by atoms with van der Waals surface area (Å²) in [6.45, 7) is 4.96. The molecule has 2 aliphatic rings. The van der Waals surface area contributed by atoms with Crippen molar-refractivity contribution in [3.8, 4) is 0 Å². The van der Waals surface area contributed by atoms with Crippen LogP contribution in [0.1, 0.15) is 43.7 Å². The highest BCUT2D eigenvalue weighted by Crippen LogP contribution is 2.22. The highest BCUT2D eigenvalue weighted by molar-refractivity contribution is 5.25. The number of hydrogen-bond donors (Lipinski definition) is 1. The van der Waals surface area contributed by atoms with Gasteiger partial charge in [-0.1, -0.05) is 12.1 Å². The zero-order chi connectivity index (χ0) is 13.2. The van der Waals surface area contributed by atoms with E-state index in [1.807, 2.05) is 12.1 Å². The van der Waals surface area contributed by atoms with Gasteiger partial charge in [-0.25, -0.2) is 4.39 Å². The molecular weight excluding hydrogens is 239 g/mol. The third-order valence-corrected chi connectivity index (χ3v) is 4.35. The third kappa shape index (κ3) is 3.34. The van der Waals surface area contributed by atoms with E-state index in [0.717, 1.165) is 25.2 Å². The molecule has 1 atom stereocenters. The summed E-state index contributed by atoms with van der Waals surface area (Å²) in [4.78, 5) is 2.39. The molecule has 0 spiro atoms. The van der Waals surface area contributed by atoms with Gasteiger partial charge in [0.05, 0.1) is 0 Å². The van der Waals surface area contributed by atoms with Crippen LogP contribution in [0.4, 0.5) is 4.39 Å². The monoisotopic (exact) mass is 262 g/mol. The van der Waals surface area contributed by atoms with Gasteiger partial charge in [0.25, 0.3) is 0 Å². The Morgan fingerprint density at radius 3 is 2.84 bits per heavy atom. The van der Waals surface area contributed by atoms with Gasteiger partial charge in [-0.2, -0.15) is 0 Å². The molecule has 3 rings (SSSR count). The molecule has 1 aromatic carbocycles. The SMILES string of the molecule is CC1CCCN1Cc1cc(CNC2CC2)ccc1F. The minimum Gasteiger partial charge on any atom is -0.310 e. The lowest BCUT2D eigenvalue weighted by molar-refractivity contribution is 0.256. The summed E-state index contributed by atoms with van der Waals surface area (Å²) in [7, 11) is 0. The first-order valence-electron chi connectivity index (χ1n) is 7.47. The Labute approximate surface area is 115 Å². The van der Waals surface area contributed by atoms with Crippen LogP contribution in [0.25, 0.3) is 0 Å². The lowest BCUT2D eigenvalue weighted by atomic mass is 10.1. The lowest BCUT2D eigenvalue weighted by Gasteiger charge is -2.21. The summed E-state index contributed by atoms with van der Waals surface area (Å²) >= 11 is 0. The molecule has 1 saturated carbocycles. The fourth-order valence-electron chi connectivity index (χ4n) is 2.86. The van der Waals surface area contributed by atoms with Gasteiger partial charge in [0, 0.05) is 30.7 Å². The van der Waals surface area contributed by atoms with E-state index in [4.69, 9.17) is 0 Å². The molecule has 0 amide bonds.